The second-order valence-corrected chi connectivity index (χ2v) is 3.03. The van der Waals surface area contributed by atoms with E-state index in [1.54, 1.807) is 0 Å². The standard InChI is InChI=1S/C11H15O3/c1-13-11(7-12)9-14-8-10-5-3-2-4-6-10/h2-6,11H,7-9H2,1H3. The summed E-state index contributed by atoms with van der Waals surface area (Å²) in [5.74, 6) is 0. The summed E-state index contributed by atoms with van der Waals surface area (Å²) in [5.41, 5.74) is 1.10. The largest absolute Gasteiger partial charge is 0.377 e. The van der Waals surface area contributed by atoms with Crippen LogP contribution in [0.3, 0.4) is 0 Å². The zero-order valence-corrected chi connectivity index (χ0v) is 8.31. The summed E-state index contributed by atoms with van der Waals surface area (Å²) < 4.78 is 10.2. The van der Waals surface area contributed by atoms with Gasteiger partial charge in [0.05, 0.1) is 13.2 Å². The van der Waals surface area contributed by atoms with E-state index in [9.17, 15) is 5.11 Å². The molecule has 0 amide bonds. The Bertz CT molecular complexity index is 232. The quantitative estimate of drug-likeness (QED) is 0.692. The molecular formula is C11H15O3. The molecule has 0 saturated heterocycles. The van der Waals surface area contributed by atoms with Crippen LogP contribution in [0.5, 0.6) is 0 Å². The number of hydrogen-bond donors (Lipinski definition) is 0. The van der Waals surface area contributed by atoms with Crippen molar-refractivity contribution in [1.82, 2.24) is 0 Å². The summed E-state index contributed by atoms with van der Waals surface area (Å²) in [4.78, 5) is 0. The molecule has 0 fully saturated rings. The maximum Gasteiger partial charge on any atom is 0.111 e. The van der Waals surface area contributed by atoms with Gasteiger partial charge in [-0.2, -0.15) is 0 Å². The molecule has 0 spiro atoms. The van der Waals surface area contributed by atoms with E-state index in [0.29, 0.717) is 13.2 Å². The Kier molecular flexibility index (Phi) is 5.22. The van der Waals surface area contributed by atoms with E-state index < -0.39 is 0 Å². The molecule has 1 atom stereocenters. The second-order valence-electron chi connectivity index (χ2n) is 3.03. The summed E-state index contributed by atoms with van der Waals surface area (Å²) >= 11 is 0. The summed E-state index contributed by atoms with van der Waals surface area (Å²) in [7, 11) is 1.52. The Morgan fingerprint density at radius 1 is 1.29 bits per heavy atom. The number of ether oxygens (including phenoxy) is 2. The van der Waals surface area contributed by atoms with Gasteiger partial charge in [-0.1, -0.05) is 30.3 Å². The Labute approximate surface area is 84.3 Å². The highest BCUT2D eigenvalue weighted by molar-refractivity contribution is 5.13. The Balaban J connectivity index is 2.21. The lowest BCUT2D eigenvalue weighted by molar-refractivity contribution is -0.0400. The first-order valence-corrected chi connectivity index (χ1v) is 4.59. The molecule has 1 aromatic rings. The van der Waals surface area contributed by atoms with Crippen molar-refractivity contribution >= 4 is 0 Å². The van der Waals surface area contributed by atoms with E-state index in [2.05, 4.69) is 0 Å². The van der Waals surface area contributed by atoms with Crippen LogP contribution in [0.25, 0.3) is 0 Å². The van der Waals surface area contributed by atoms with Crippen LogP contribution < -0.4 is 0 Å². The lowest BCUT2D eigenvalue weighted by Crippen LogP contribution is -2.21. The SMILES string of the molecule is COC(C[O])COCc1ccccc1. The first-order valence-electron chi connectivity index (χ1n) is 4.59. The van der Waals surface area contributed by atoms with E-state index in [4.69, 9.17) is 9.47 Å². The fourth-order valence-corrected chi connectivity index (χ4v) is 1.07. The maximum atomic E-state index is 10.5. The highest BCUT2D eigenvalue weighted by atomic mass is 16.5. The third-order valence-electron chi connectivity index (χ3n) is 1.93. The lowest BCUT2D eigenvalue weighted by Gasteiger charge is -2.11. The van der Waals surface area contributed by atoms with Crippen molar-refractivity contribution in [1.29, 1.82) is 0 Å². The number of rotatable bonds is 6. The highest BCUT2D eigenvalue weighted by Crippen LogP contribution is 2.01. The van der Waals surface area contributed by atoms with Gasteiger partial charge in [0.15, 0.2) is 0 Å². The van der Waals surface area contributed by atoms with Crippen LogP contribution in [0, 0.1) is 0 Å². The maximum absolute atomic E-state index is 10.5. The summed E-state index contributed by atoms with van der Waals surface area (Å²) in [6.45, 7) is 0.626. The van der Waals surface area contributed by atoms with Gasteiger partial charge < -0.3 is 9.47 Å². The van der Waals surface area contributed by atoms with Crippen LogP contribution in [0.4, 0.5) is 0 Å². The van der Waals surface area contributed by atoms with Crippen LogP contribution in [0.2, 0.25) is 0 Å². The molecular weight excluding hydrogens is 180 g/mol. The molecule has 14 heavy (non-hydrogen) atoms. The van der Waals surface area contributed by atoms with Crippen molar-refractivity contribution in [3.63, 3.8) is 0 Å². The third-order valence-corrected chi connectivity index (χ3v) is 1.93. The zero-order valence-electron chi connectivity index (χ0n) is 8.31. The number of methoxy groups -OCH3 is 1. The molecule has 3 nitrogen and oxygen atoms in total. The van der Waals surface area contributed by atoms with Gasteiger partial charge in [0.25, 0.3) is 0 Å². The van der Waals surface area contributed by atoms with Crippen LogP contribution in [0.1, 0.15) is 5.56 Å². The lowest BCUT2D eigenvalue weighted by atomic mass is 10.2. The Morgan fingerprint density at radius 3 is 2.57 bits per heavy atom. The predicted molar refractivity (Wildman–Crippen MR) is 52.4 cm³/mol. The molecule has 0 aliphatic carbocycles. The molecule has 0 saturated carbocycles. The zero-order chi connectivity index (χ0) is 10.2. The van der Waals surface area contributed by atoms with Crippen LogP contribution in [0.15, 0.2) is 30.3 Å². The molecule has 1 unspecified atom stereocenters. The summed E-state index contributed by atoms with van der Waals surface area (Å²) in [5, 5.41) is 10.5. The normalized spacial score (nSPS) is 12.7. The first-order chi connectivity index (χ1) is 6.86. The number of hydrogen-bond acceptors (Lipinski definition) is 2. The molecule has 0 aliphatic rings. The van der Waals surface area contributed by atoms with E-state index >= 15 is 0 Å². The fraction of sp³-hybridized carbons (Fsp3) is 0.455. The topological polar surface area (TPSA) is 38.4 Å². The molecule has 77 valence electrons. The van der Waals surface area contributed by atoms with Crippen LogP contribution in [-0.2, 0) is 21.2 Å². The van der Waals surface area contributed by atoms with E-state index in [0.717, 1.165) is 5.56 Å². The molecule has 1 radical (unpaired) electrons. The van der Waals surface area contributed by atoms with Crippen molar-refractivity contribution in [2.45, 2.75) is 12.7 Å². The predicted octanol–water partition coefficient (Wildman–Crippen LogP) is 1.65. The van der Waals surface area contributed by atoms with Gasteiger partial charge in [0, 0.05) is 7.11 Å². The van der Waals surface area contributed by atoms with Gasteiger partial charge in [0.2, 0.25) is 0 Å². The van der Waals surface area contributed by atoms with Crippen molar-refractivity contribution < 1.29 is 14.6 Å². The molecule has 1 rings (SSSR count). The van der Waals surface area contributed by atoms with Gasteiger partial charge in [-0.25, -0.2) is 5.11 Å². The molecule has 3 heteroatoms. The van der Waals surface area contributed by atoms with Crippen LogP contribution >= 0.6 is 0 Å². The third kappa shape index (κ3) is 3.87. The van der Waals surface area contributed by atoms with Crippen molar-refractivity contribution in [2.75, 3.05) is 20.3 Å². The second kappa shape index (κ2) is 6.54. The minimum absolute atomic E-state index is 0.259. The molecule has 0 aromatic heterocycles. The summed E-state index contributed by atoms with van der Waals surface area (Å²) in [6.07, 6.45) is -0.335. The fourth-order valence-electron chi connectivity index (χ4n) is 1.07. The van der Waals surface area contributed by atoms with Gasteiger partial charge in [0.1, 0.15) is 12.7 Å². The molecule has 0 N–H and O–H groups in total. The minimum atomic E-state index is -0.335. The Hall–Kier alpha value is -0.900. The summed E-state index contributed by atoms with van der Waals surface area (Å²) in [6, 6.07) is 9.84. The van der Waals surface area contributed by atoms with E-state index in [1.165, 1.54) is 7.11 Å². The van der Waals surface area contributed by atoms with Gasteiger partial charge in [-0.15, -0.1) is 0 Å². The molecule has 0 heterocycles. The van der Waals surface area contributed by atoms with Crippen molar-refractivity contribution in [3.05, 3.63) is 35.9 Å². The molecule has 0 bridgehead atoms. The highest BCUT2D eigenvalue weighted by Gasteiger charge is 2.05. The average Bonchev–Trinajstić information content (AvgIpc) is 2.26. The van der Waals surface area contributed by atoms with Crippen molar-refractivity contribution in [2.24, 2.45) is 0 Å². The van der Waals surface area contributed by atoms with Crippen LogP contribution in [-0.4, -0.2) is 26.4 Å². The van der Waals surface area contributed by atoms with Gasteiger partial charge >= 0.3 is 0 Å². The smallest absolute Gasteiger partial charge is 0.111 e. The molecule has 1 aromatic carbocycles. The van der Waals surface area contributed by atoms with Gasteiger partial charge in [-0.05, 0) is 5.56 Å². The first kappa shape index (κ1) is 11.2. The Morgan fingerprint density at radius 2 is 2.00 bits per heavy atom. The monoisotopic (exact) mass is 195 g/mol. The van der Waals surface area contributed by atoms with Gasteiger partial charge in [-0.3, -0.25) is 0 Å². The van der Waals surface area contributed by atoms with E-state index in [-0.39, 0.29) is 12.7 Å². The minimum Gasteiger partial charge on any atom is -0.377 e. The van der Waals surface area contributed by atoms with E-state index in [1.807, 2.05) is 30.3 Å². The molecule has 0 aliphatic heterocycles. The number of benzene rings is 1. The average molecular weight is 195 g/mol. The van der Waals surface area contributed by atoms with Crippen molar-refractivity contribution in [3.8, 4) is 0 Å².